The number of piperidine rings is 2. The van der Waals surface area contributed by atoms with Gasteiger partial charge in [-0.2, -0.15) is 0 Å². The van der Waals surface area contributed by atoms with E-state index >= 15 is 0 Å². The Morgan fingerprint density at radius 2 is 1.85 bits per heavy atom. The second-order valence-corrected chi connectivity index (χ2v) is 18.8. The monoisotopic (exact) mass is 591 g/mol. The maximum Gasteiger partial charge on any atom is 0.410 e. The van der Waals surface area contributed by atoms with E-state index in [1.54, 1.807) is 39.0 Å². The Morgan fingerprint density at radius 1 is 1.12 bits per heavy atom. The highest BCUT2D eigenvalue weighted by Gasteiger charge is 2.43. The maximum absolute atomic E-state index is 14.8. The molecule has 0 bridgehead atoms. The van der Waals surface area contributed by atoms with Crippen molar-refractivity contribution in [2.24, 2.45) is 0 Å². The van der Waals surface area contributed by atoms with Crippen LogP contribution >= 0.6 is 0 Å². The van der Waals surface area contributed by atoms with Crippen molar-refractivity contribution >= 4 is 31.9 Å². The normalized spacial score (nSPS) is 23.6. The fraction of sp³-hybridized carbons (Fsp3) is 0.655. The highest BCUT2D eigenvalue weighted by atomic mass is 28.3. The van der Waals surface area contributed by atoms with Crippen molar-refractivity contribution in [3.8, 4) is 5.75 Å². The minimum atomic E-state index is -1.32. The minimum absolute atomic E-state index is 0.0403. The van der Waals surface area contributed by atoms with Crippen LogP contribution in [-0.4, -0.2) is 96.9 Å². The van der Waals surface area contributed by atoms with Gasteiger partial charge in [-0.15, -0.1) is 0 Å². The van der Waals surface area contributed by atoms with E-state index in [0.717, 1.165) is 10.9 Å². The number of carbonyl (C=O) groups excluding carboxylic acids is 4. The Kier molecular flexibility index (Phi) is 9.12. The molecule has 2 saturated heterocycles. The number of halogens is 1. The van der Waals surface area contributed by atoms with E-state index in [1.165, 1.54) is 9.80 Å². The number of nitrogens with zero attached hydrogens (tertiary/aromatic N) is 3. The van der Waals surface area contributed by atoms with Crippen LogP contribution in [0.3, 0.4) is 0 Å². The molecule has 4 amide bonds. The molecule has 3 aliphatic rings. The van der Waals surface area contributed by atoms with Crippen LogP contribution in [0, 0.1) is 0 Å². The maximum atomic E-state index is 14.8. The summed E-state index contributed by atoms with van der Waals surface area (Å²) in [6.45, 7) is 12.8. The third-order valence-electron chi connectivity index (χ3n) is 7.40. The van der Waals surface area contributed by atoms with E-state index in [4.69, 9.17) is 14.2 Å². The fourth-order valence-corrected chi connectivity index (χ4v) is 5.85. The molecular weight excluding hydrogens is 549 g/mol. The van der Waals surface area contributed by atoms with Crippen LogP contribution in [0.5, 0.6) is 5.75 Å². The molecule has 1 aromatic rings. The van der Waals surface area contributed by atoms with E-state index in [2.05, 4.69) is 19.6 Å². The van der Waals surface area contributed by atoms with Crippen molar-refractivity contribution in [2.75, 3.05) is 26.4 Å². The standard InChI is InChI=1S/C29H42FN3O7Si/c1-29(2,3)40-28(37)31-12-11-22(30)24(17-31)39-20-7-8-21-19(15-20)16-32(26(21)35)23-9-10-25(34)33(27(23)36)18-38-13-14-41(4,5)6/h7-8,15,22-24H,9-14,16-18H2,1-6H3. The van der Waals surface area contributed by atoms with Crippen LogP contribution < -0.4 is 4.74 Å². The molecule has 0 saturated carbocycles. The third-order valence-corrected chi connectivity index (χ3v) is 9.11. The predicted molar refractivity (Wildman–Crippen MR) is 152 cm³/mol. The van der Waals surface area contributed by atoms with Crippen LogP contribution in [-0.2, 0) is 25.6 Å². The van der Waals surface area contributed by atoms with E-state index in [-0.39, 0.29) is 57.4 Å². The lowest BCUT2D eigenvalue weighted by atomic mass is 10.0. The van der Waals surface area contributed by atoms with Gasteiger partial charge in [-0.1, -0.05) is 19.6 Å². The summed E-state index contributed by atoms with van der Waals surface area (Å²) in [6, 6.07) is 5.05. The minimum Gasteiger partial charge on any atom is -0.486 e. The molecule has 0 N–H and O–H groups in total. The molecule has 3 heterocycles. The van der Waals surface area contributed by atoms with Crippen molar-refractivity contribution in [1.82, 2.24) is 14.7 Å². The number of carbonyl (C=O) groups is 4. The van der Waals surface area contributed by atoms with E-state index in [0.29, 0.717) is 23.5 Å². The van der Waals surface area contributed by atoms with Gasteiger partial charge in [0.1, 0.15) is 36.4 Å². The van der Waals surface area contributed by atoms with Crippen LogP contribution in [0.15, 0.2) is 18.2 Å². The van der Waals surface area contributed by atoms with Gasteiger partial charge in [-0.25, -0.2) is 9.18 Å². The van der Waals surface area contributed by atoms with Crippen LogP contribution in [0.4, 0.5) is 9.18 Å². The summed E-state index contributed by atoms with van der Waals surface area (Å²) in [6.07, 6.45) is -2.14. The molecule has 0 radical (unpaired) electrons. The number of rotatable bonds is 8. The molecule has 0 aromatic heterocycles. The number of benzene rings is 1. The zero-order valence-electron chi connectivity index (χ0n) is 24.9. The molecule has 1 aromatic carbocycles. The summed E-state index contributed by atoms with van der Waals surface area (Å²) in [7, 11) is -1.32. The topological polar surface area (TPSA) is 106 Å². The van der Waals surface area contributed by atoms with Crippen LogP contribution in [0.25, 0.3) is 0 Å². The summed E-state index contributed by atoms with van der Waals surface area (Å²) >= 11 is 0. The molecule has 41 heavy (non-hydrogen) atoms. The number of likely N-dealkylation sites (tertiary alicyclic amines) is 2. The Morgan fingerprint density at radius 3 is 2.54 bits per heavy atom. The van der Waals surface area contributed by atoms with Crippen LogP contribution in [0.2, 0.25) is 25.7 Å². The molecule has 0 spiro atoms. The molecule has 2 fully saturated rings. The van der Waals surface area contributed by atoms with Gasteiger partial charge in [0, 0.05) is 46.2 Å². The molecule has 3 atom stereocenters. The van der Waals surface area contributed by atoms with Gasteiger partial charge in [0.2, 0.25) is 5.91 Å². The smallest absolute Gasteiger partial charge is 0.410 e. The number of amides is 4. The summed E-state index contributed by atoms with van der Waals surface area (Å²) in [5, 5.41) is 0. The van der Waals surface area contributed by atoms with Gasteiger partial charge in [0.25, 0.3) is 11.8 Å². The summed E-state index contributed by atoms with van der Waals surface area (Å²) in [5.74, 6) is -0.653. The first-order valence-electron chi connectivity index (χ1n) is 14.3. The zero-order chi connectivity index (χ0) is 30.1. The highest BCUT2D eigenvalue weighted by molar-refractivity contribution is 6.76. The first kappa shape index (κ1) is 31.0. The predicted octanol–water partition coefficient (Wildman–Crippen LogP) is 4.20. The lowest BCUT2D eigenvalue weighted by molar-refractivity contribution is -0.158. The third kappa shape index (κ3) is 7.65. The largest absolute Gasteiger partial charge is 0.486 e. The zero-order valence-corrected chi connectivity index (χ0v) is 25.9. The summed E-state index contributed by atoms with van der Waals surface area (Å²) in [5.41, 5.74) is 0.435. The molecule has 3 unspecified atom stereocenters. The van der Waals surface area contributed by atoms with Crippen LogP contribution in [0.1, 0.15) is 56.0 Å². The number of alkyl halides is 1. The Balaban J connectivity index is 1.39. The quantitative estimate of drug-likeness (QED) is 0.254. The first-order valence-corrected chi connectivity index (χ1v) is 18.0. The first-order chi connectivity index (χ1) is 19.1. The van der Waals surface area contributed by atoms with Gasteiger partial charge < -0.3 is 24.0 Å². The van der Waals surface area contributed by atoms with Crippen molar-refractivity contribution in [1.29, 1.82) is 0 Å². The molecule has 4 rings (SSSR count). The van der Waals surface area contributed by atoms with Gasteiger partial charge in [0.15, 0.2) is 0 Å². The number of fused-ring (bicyclic) bond motifs is 1. The number of hydrogen-bond donors (Lipinski definition) is 0. The van der Waals surface area contributed by atoms with Gasteiger partial charge in [0.05, 0.1) is 6.54 Å². The van der Waals surface area contributed by atoms with Crippen molar-refractivity contribution < 1.29 is 37.8 Å². The van der Waals surface area contributed by atoms with E-state index < -0.39 is 44.0 Å². The molecule has 0 aliphatic carbocycles. The Bertz CT molecular complexity index is 1180. The molecule has 10 nitrogen and oxygen atoms in total. The van der Waals surface area contributed by atoms with E-state index in [1.807, 2.05) is 0 Å². The number of ether oxygens (including phenoxy) is 3. The SMILES string of the molecule is CC(C)(C)OC(=O)N1CCC(F)C(Oc2ccc3c(c2)CN(C2CCC(=O)N(COCC[Si](C)(C)C)C2=O)C3=O)C1. The lowest BCUT2D eigenvalue weighted by Crippen LogP contribution is -2.55. The molecule has 12 heteroatoms. The fourth-order valence-electron chi connectivity index (χ4n) is 5.09. The number of hydrogen-bond acceptors (Lipinski definition) is 7. The average molecular weight is 592 g/mol. The summed E-state index contributed by atoms with van der Waals surface area (Å²) < 4.78 is 31.8. The Hall–Kier alpha value is -2.99. The molecule has 226 valence electrons. The molecular formula is C29H42FN3O7Si. The van der Waals surface area contributed by atoms with Gasteiger partial charge in [-0.3, -0.25) is 19.3 Å². The molecule has 3 aliphatic heterocycles. The lowest BCUT2D eigenvalue weighted by Gasteiger charge is -2.36. The van der Waals surface area contributed by atoms with Crippen molar-refractivity contribution in [3.63, 3.8) is 0 Å². The van der Waals surface area contributed by atoms with Crippen molar-refractivity contribution in [2.45, 2.75) is 96.2 Å². The Labute approximate surface area is 242 Å². The second kappa shape index (κ2) is 12.1. The summed E-state index contributed by atoms with van der Waals surface area (Å²) in [4.78, 5) is 55.6. The highest BCUT2D eigenvalue weighted by Crippen LogP contribution is 2.32. The average Bonchev–Trinajstić information content (AvgIpc) is 3.18. The van der Waals surface area contributed by atoms with E-state index in [9.17, 15) is 23.6 Å². The van der Waals surface area contributed by atoms with Gasteiger partial charge >= 0.3 is 6.09 Å². The number of imide groups is 1. The van der Waals surface area contributed by atoms with Gasteiger partial charge in [-0.05, 0) is 57.0 Å². The second-order valence-electron chi connectivity index (χ2n) is 13.2. The van der Waals surface area contributed by atoms with Crippen molar-refractivity contribution in [3.05, 3.63) is 29.3 Å².